The molecular formula is C10H26N4. The van der Waals surface area contributed by atoms with Gasteiger partial charge in [-0.05, 0) is 45.2 Å². The lowest BCUT2D eigenvalue weighted by Crippen LogP contribution is -2.55. The molecule has 0 aliphatic rings. The van der Waals surface area contributed by atoms with E-state index in [-0.39, 0.29) is 11.6 Å². The number of hydrogen-bond donors (Lipinski definition) is 4. The third-order valence-electron chi connectivity index (χ3n) is 2.87. The van der Waals surface area contributed by atoms with Gasteiger partial charge in [-0.25, -0.2) is 0 Å². The van der Waals surface area contributed by atoms with Crippen LogP contribution in [0.15, 0.2) is 0 Å². The van der Waals surface area contributed by atoms with E-state index in [1.54, 1.807) is 0 Å². The van der Waals surface area contributed by atoms with Gasteiger partial charge in [0.05, 0.1) is 0 Å². The Morgan fingerprint density at radius 2 is 1.50 bits per heavy atom. The van der Waals surface area contributed by atoms with Gasteiger partial charge in [-0.2, -0.15) is 0 Å². The molecule has 0 aliphatic heterocycles. The van der Waals surface area contributed by atoms with Crippen molar-refractivity contribution in [3.63, 3.8) is 0 Å². The molecule has 4 heteroatoms. The van der Waals surface area contributed by atoms with E-state index in [2.05, 4.69) is 6.92 Å². The topological polar surface area (TPSA) is 104 Å². The van der Waals surface area contributed by atoms with E-state index in [1.807, 2.05) is 0 Å². The standard InChI is InChI=1S/C10H26N4/c1-2-9(13)10(14,5-3-7-11)6-4-8-12/h9H,2-8,11-14H2,1H3. The molecule has 0 aromatic carbocycles. The SMILES string of the molecule is CCC(N)C(N)(CCCN)CCCN. The molecule has 0 heterocycles. The fraction of sp³-hybridized carbons (Fsp3) is 1.00. The van der Waals surface area contributed by atoms with Crippen LogP contribution in [-0.2, 0) is 0 Å². The molecule has 0 saturated carbocycles. The van der Waals surface area contributed by atoms with Crippen LogP contribution in [0.3, 0.4) is 0 Å². The Hall–Kier alpha value is -0.160. The van der Waals surface area contributed by atoms with Gasteiger partial charge in [0.25, 0.3) is 0 Å². The fourth-order valence-electron chi connectivity index (χ4n) is 1.76. The maximum atomic E-state index is 6.29. The van der Waals surface area contributed by atoms with Gasteiger partial charge in [0.15, 0.2) is 0 Å². The first-order valence-electron chi connectivity index (χ1n) is 5.55. The van der Waals surface area contributed by atoms with Crippen molar-refractivity contribution in [2.75, 3.05) is 13.1 Å². The minimum atomic E-state index is -0.270. The van der Waals surface area contributed by atoms with Crippen LogP contribution in [0, 0.1) is 0 Å². The van der Waals surface area contributed by atoms with Crippen LogP contribution < -0.4 is 22.9 Å². The van der Waals surface area contributed by atoms with Gasteiger partial charge in [0.2, 0.25) is 0 Å². The second-order valence-corrected chi connectivity index (χ2v) is 4.03. The second kappa shape index (κ2) is 7.17. The third-order valence-corrected chi connectivity index (χ3v) is 2.87. The van der Waals surface area contributed by atoms with Crippen molar-refractivity contribution in [2.45, 2.75) is 50.6 Å². The number of rotatable bonds is 8. The van der Waals surface area contributed by atoms with Crippen LogP contribution >= 0.6 is 0 Å². The molecule has 0 saturated heterocycles. The van der Waals surface area contributed by atoms with Crippen molar-refractivity contribution in [1.29, 1.82) is 0 Å². The summed E-state index contributed by atoms with van der Waals surface area (Å²) < 4.78 is 0. The highest BCUT2D eigenvalue weighted by Crippen LogP contribution is 2.21. The van der Waals surface area contributed by atoms with Crippen molar-refractivity contribution < 1.29 is 0 Å². The van der Waals surface area contributed by atoms with E-state index in [4.69, 9.17) is 22.9 Å². The van der Waals surface area contributed by atoms with Gasteiger partial charge in [0, 0.05) is 11.6 Å². The molecule has 0 aromatic heterocycles. The molecule has 14 heavy (non-hydrogen) atoms. The lowest BCUT2D eigenvalue weighted by molar-refractivity contribution is 0.282. The summed E-state index contributed by atoms with van der Waals surface area (Å²) in [5.41, 5.74) is 23.0. The molecule has 8 N–H and O–H groups in total. The summed E-state index contributed by atoms with van der Waals surface area (Å²) in [6.45, 7) is 3.42. The Kier molecular flexibility index (Phi) is 7.09. The van der Waals surface area contributed by atoms with E-state index in [1.165, 1.54) is 0 Å². The summed E-state index contributed by atoms with van der Waals surface area (Å²) in [6.07, 6.45) is 4.59. The van der Waals surface area contributed by atoms with E-state index in [0.29, 0.717) is 13.1 Å². The van der Waals surface area contributed by atoms with E-state index >= 15 is 0 Å². The summed E-state index contributed by atoms with van der Waals surface area (Å²) in [5, 5.41) is 0. The Morgan fingerprint density at radius 3 is 1.79 bits per heavy atom. The Bertz CT molecular complexity index is 130. The van der Waals surface area contributed by atoms with Crippen LogP contribution in [0.2, 0.25) is 0 Å². The van der Waals surface area contributed by atoms with Gasteiger partial charge < -0.3 is 22.9 Å². The zero-order valence-electron chi connectivity index (χ0n) is 9.34. The fourth-order valence-corrected chi connectivity index (χ4v) is 1.76. The number of hydrogen-bond acceptors (Lipinski definition) is 4. The first-order chi connectivity index (χ1) is 6.60. The van der Waals surface area contributed by atoms with Crippen LogP contribution in [-0.4, -0.2) is 24.7 Å². The van der Waals surface area contributed by atoms with Crippen LogP contribution in [0.4, 0.5) is 0 Å². The summed E-state index contributed by atoms with van der Waals surface area (Å²) in [6, 6.07) is 0.0561. The van der Waals surface area contributed by atoms with Gasteiger partial charge in [-0.3, -0.25) is 0 Å². The first-order valence-corrected chi connectivity index (χ1v) is 5.55. The molecule has 0 radical (unpaired) electrons. The molecule has 86 valence electrons. The van der Waals surface area contributed by atoms with E-state index < -0.39 is 0 Å². The van der Waals surface area contributed by atoms with Crippen molar-refractivity contribution in [2.24, 2.45) is 22.9 Å². The summed E-state index contributed by atoms with van der Waals surface area (Å²) in [4.78, 5) is 0. The number of nitrogens with two attached hydrogens (primary N) is 4. The molecule has 0 spiro atoms. The molecule has 0 amide bonds. The highest BCUT2D eigenvalue weighted by Gasteiger charge is 2.29. The molecule has 4 nitrogen and oxygen atoms in total. The first kappa shape index (κ1) is 13.8. The van der Waals surface area contributed by atoms with Gasteiger partial charge in [-0.1, -0.05) is 6.92 Å². The average molecular weight is 202 g/mol. The maximum absolute atomic E-state index is 6.29. The average Bonchev–Trinajstić information content (AvgIpc) is 2.22. The van der Waals surface area contributed by atoms with Crippen LogP contribution in [0.25, 0.3) is 0 Å². The zero-order chi connectivity index (χ0) is 11.0. The highest BCUT2D eigenvalue weighted by atomic mass is 14.9. The minimum absolute atomic E-state index is 0.0561. The van der Waals surface area contributed by atoms with E-state index in [0.717, 1.165) is 32.1 Å². The Labute approximate surface area is 87.4 Å². The third kappa shape index (κ3) is 4.37. The van der Waals surface area contributed by atoms with Gasteiger partial charge in [-0.15, -0.1) is 0 Å². The molecule has 1 atom stereocenters. The normalized spacial score (nSPS) is 14.4. The smallest absolute Gasteiger partial charge is 0.0308 e. The van der Waals surface area contributed by atoms with Crippen LogP contribution in [0.1, 0.15) is 39.0 Å². The largest absolute Gasteiger partial charge is 0.330 e. The van der Waals surface area contributed by atoms with Crippen molar-refractivity contribution >= 4 is 0 Å². The van der Waals surface area contributed by atoms with Gasteiger partial charge in [0.1, 0.15) is 0 Å². The predicted molar refractivity (Wildman–Crippen MR) is 61.8 cm³/mol. The monoisotopic (exact) mass is 202 g/mol. The lowest BCUT2D eigenvalue weighted by atomic mass is 9.81. The second-order valence-electron chi connectivity index (χ2n) is 4.03. The summed E-state index contributed by atoms with van der Waals surface area (Å²) in [7, 11) is 0. The molecule has 0 aromatic rings. The quantitative estimate of drug-likeness (QED) is 0.441. The minimum Gasteiger partial charge on any atom is -0.330 e. The molecule has 0 aliphatic carbocycles. The molecular weight excluding hydrogens is 176 g/mol. The Balaban J connectivity index is 4.16. The zero-order valence-corrected chi connectivity index (χ0v) is 9.34. The highest BCUT2D eigenvalue weighted by molar-refractivity contribution is 4.93. The van der Waals surface area contributed by atoms with Crippen molar-refractivity contribution in [3.8, 4) is 0 Å². The van der Waals surface area contributed by atoms with Crippen molar-refractivity contribution in [3.05, 3.63) is 0 Å². The predicted octanol–water partition coefficient (Wildman–Crippen LogP) is -0.101. The van der Waals surface area contributed by atoms with E-state index in [9.17, 15) is 0 Å². The molecule has 0 fully saturated rings. The van der Waals surface area contributed by atoms with Crippen LogP contribution in [0.5, 0.6) is 0 Å². The maximum Gasteiger partial charge on any atom is 0.0308 e. The lowest BCUT2D eigenvalue weighted by Gasteiger charge is -2.35. The summed E-state index contributed by atoms with van der Waals surface area (Å²) >= 11 is 0. The summed E-state index contributed by atoms with van der Waals surface area (Å²) in [5.74, 6) is 0. The van der Waals surface area contributed by atoms with Gasteiger partial charge >= 0.3 is 0 Å². The van der Waals surface area contributed by atoms with Crippen molar-refractivity contribution in [1.82, 2.24) is 0 Å². The Morgan fingerprint density at radius 1 is 1.07 bits per heavy atom. The molecule has 0 rings (SSSR count). The molecule has 0 bridgehead atoms. The molecule has 1 unspecified atom stereocenters.